The molecule has 0 radical (unpaired) electrons. The van der Waals surface area contributed by atoms with E-state index in [1.165, 1.54) is 16.5 Å². The molecule has 1 aromatic heterocycles. The Labute approximate surface area is 123 Å². The molecule has 0 spiro atoms. The number of hydrogen-bond donors (Lipinski definition) is 1. The van der Waals surface area contributed by atoms with Crippen LogP contribution in [0.25, 0.3) is 10.9 Å². The lowest BCUT2D eigenvalue weighted by molar-refractivity contribution is 0.211. The van der Waals surface area contributed by atoms with E-state index in [1.54, 1.807) is 0 Å². The van der Waals surface area contributed by atoms with E-state index in [4.69, 9.17) is 10.5 Å². The molecule has 3 heteroatoms. The zero-order chi connectivity index (χ0) is 14.4. The monoisotopic (exact) mass is 278 g/mol. The van der Waals surface area contributed by atoms with Gasteiger partial charge in [-0.2, -0.15) is 0 Å². The molecule has 3 nitrogen and oxygen atoms in total. The summed E-state index contributed by atoms with van der Waals surface area (Å²) in [7, 11) is 0. The van der Waals surface area contributed by atoms with Crippen LogP contribution >= 0.6 is 0 Å². The van der Waals surface area contributed by atoms with Crippen molar-refractivity contribution in [3.05, 3.63) is 59.8 Å². The molecule has 3 aromatic rings. The molecule has 21 heavy (non-hydrogen) atoms. The third-order valence-electron chi connectivity index (χ3n) is 4.18. The minimum absolute atomic E-state index is 0.178. The van der Waals surface area contributed by atoms with Gasteiger partial charge in [0.25, 0.3) is 0 Å². The second-order valence-corrected chi connectivity index (χ2v) is 5.81. The van der Waals surface area contributed by atoms with Crippen LogP contribution in [0.15, 0.2) is 48.7 Å². The fourth-order valence-electron chi connectivity index (χ4n) is 3.21. The summed E-state index contributed by atoms with van der Waals surface area (Å²) in [5.41, 5.74) is 10.6. The van der Waals surface area contributed by atoms with Crippen molar-refractivity contribution in [2.24, 2.45) is 0 Å². The number of ether oxygens (including phenoxy) is 1. The van der Waals surface area contributed by atoms with Crippen LogP contribution in [0.3, 0.4) is 0 Å². The summed E-state index contributed by atoms with van der Waals surface area (Å²) in [6.45, 7) is 2.94. The minimum atomic E-state index is 0.178. The Balaban J connectivity index is 1.62. The molecule has 1 atom stereocenters. The lowest BCUT2D eigenvalue weighted by Gasteiger charge is -2.13. The Bertz CT molecular complexity index is 819. The number of nitrogen functional groups attached to an aromatic ring is 1. The SMILES string of the molecule is Cc1ccc2c(c1)CC(Cn1ccc3cccc(N)c31)O2. The highest BCUT2D eigenvalue weighted by atomic mass is 16.5. The van der Waals surface area contributed by atoms with E-state index < -0.39 is 0 Å². The van der Waals surface area contributed by atoms with Gasteiger partial charge in [0.2, 0.25) is 0 Å². The van der Waals surface area contributed by atoms with Crippen LogP contribution in [-0.4, -0.2) is 10.7 Å². The average Bonchev–Trinajstić information content (AvgIpc) is 3.03. The molecule has 4 rings (SSSR count). The number of aryl methyl sites for hydroxylation is 1. The van der Waals surface area contributed by atoms with Crippen molar-refractivity contribution in [2.45, 2.75) is 26.0 Å². The second-order valence-electron chi connectivity index (χ2n) is 5.81. The molecule has 2 aromatic carbocycles. The maximum absolute atomic E-state index is 6.12. The second kappa shape index (κ2) is 4.55. The molecular formula is C18H18N2O. The standard InChI is InChI=1S/C18H18N2O/c1-12-5-6-17-14(9-12)10-15(21-17)11-20-8-7-13-3-2-4-16(19)18(13)20/h2-9,15H,10-11,19H2,1H3. The van der Waals surface area contributed by atoms with Crippen molar-refractivity contribution in [3.8, 4) is 5.75 Å². The summed E-state index contributed by atoms with van der Waals surface area (Å²) >= 11 is 0. The number of fused-ring (bicyclic) bond motifs is 2. The van der Waals surface area contributed by atoms with E-state index in [0.717, 1.165) is 29.9 Å². The van der Waals surface area contributed by atoms with Gasteiger partial charge in [-0.25, -0.2) is 0 Å². The molecule has 0 saturated heterocycles. The van der Waals surface area contributed by atoms with Gasteiger partial charge >= 0.3 is 0 Å². The Morgan fingerprint density at radius 2 is 2.14 bits per heavy atom. The highest BCUT2D eigenvalue weighted by Crippen LogP contribution is 2.31. The number of para-hydroxylation sites is 1. The van der Waals surface area contributed by atoms with Crippen LogP contribution < -0.4 is 10.5 Å². The van der Waals surface area contributed by atoms with Crippen molar-refractivity contribution in [1.82, 2.24) is 4.57 Å². The molecule has 0 fully saturated rings. The van der Waals surface area contributed by atoms with E-state index in [9.17, 15) is 0 Å². The number of nitrogens with zero attached hydrogens (tertiary/aromatic N) is 1. The fraction of sp³-hybridized carbons (Fsp3) is 0.222. The summed E-state index contributed by atoms with van der Waals surface area (Å²) in [4.78, 5) is 0. The van der Waals surface area contributed by atoms with E-state index in [-0.39, 0.29) is 6.10 Å². The topological polar surface area (TPSA) is 40.2 Å². The zero-order valence-electron chi connectivity index (χ0n) is 12.0. The Kier molecular flexibility index (Phi) is 2.67. The van der Waals surface area contributed by atoms with Crippen LogP contribution in [0, 0.1) is 6.92 Å². The Hall–Kier alpha value is -2.42. The normalized spacial score (nSPS) is 16.9. The van der Waals surface area contributed by atoms with Crippen LogP contribution in [-0.2, 0) is 13.0 Å². The van der Waals surface area contributed by atoms with Gasteiger partial charge in [-0.3, -0.25) is 0 Å². The first kappa shape index (κ1) is 12.3. The van der Waals surface area contributed by atoms with Crippen LogP contribution in [0.2, 0.25) is 0 Å². The molecule has 1 unspecified atom stereocenters. The van der Waals surface area contributed by atoms with Gasteiger partial charge in [0.1, 0.15) is 11.9 Å². The van der Waals surface area contributed by atoms with Gasteiger partial charge in [-0.15, -0.1) is 0 Å². The van der Waals surface area contributed by atoms with E-state index >= 15 is 0 Å². The molecule has 2 N–H and O–H groups in total. The summed E-state index contributed by atoms with van der Waals surface area (Å²) in [5, 5.41) is 1.18. The highest BCUT2D eigenvalue weighted by Gasteiger charge is 2.23. The first-order valence-electron chi connectivity index (χ1n) is 7.30. The number of rotatable bonds is 2. The first-order chi connectivity index (χ1) is 10.2. The number of benzene rings is 2. The maximum Gasteiger partial charge on any atom is 0.123 e. The first-order valence-corrected chi connectivity index (χ1v) is 7.30. The van der Waals surface area contributed by atoms with Gasteiger partial charge in [0.15, 0.2) is 0 Å². The average molecular weight is 278 g/mol. The lowest BCUT2D eigenvalue weighted by atomic mass is 10.1. The van der Waals surface area contributed by atoms with Gasteiger partial charge in [-0.05, 0) is 30.7 Å². The third kappa shape index (κ3) is 2.05. The fourth-order valence-corrected chi connectivity index (χ4v) is 3.21. The van der Waals surface area contributed by atoms with Crippen molar-refractivity contribution in [1.29, 1.82) is 0 Å². The maximum atomic E-state index is 6.12. The molecule has 0 saturated carbocycles. The number of hydrogen-bond acceptors (Lipinski definition) is 2. The largest absolute Gasteiger partial charge is 0.488 e. The molecule has 106 valence electrons. The van der Waals surface area contributed by atoms with E-state index in [2.05, 4.69) is 48.0 Å². The predicted octanol–water partition coefficient (Wildman–Crippen LogP) is 3.54. The van der Waals surface area contributed by atoms with Crippen LogP contribution in [0.1, 0.15) is 11.1 Å². The van der Waals surface area contributed by atoms with Crippen molar-refractivity contribution < 1.29 is 4.74 Å². The lowest BCUT2D eigenvalue weighted by Crippen LogP contribution is -2.20. The van der Waals surface area contributed by atoms with E-state index in [0.29, 0.717) is 0 Å². The number of nitrogens with two attached hydrogens (primary N) is 1. The molecular weight excluding hydrogens is 260 g/mol. The van der Waals surface area contributed by atoms with Gasteiger partial charge in [0.05, 0.1) is 17.7 Å². The van der Waals surface area contributed by atoms with Crippen LogP contribution in [0.4, 0.5) is 5.69 Å². The minimum Gasteiger partial charge on any atom is -0.488 e. The van der Waals surface area contributed by atoms with Crippen LogP contribution in [0.5, 0.6) is 5.75 Å². The predicted molar refractivity (Wildman–Crippen MR) is 85.6 cm³/mol. The van der Waals surface area contributed by atoms with E-state index in [1.807, 2.05) is 12.1 Å². The molecule has 0 amide bonds. The Morgan fingerprint density at radius 1 is 1.24 bits per heavy atom. The molecule has 1 aliphatic heterocycles. The van der Waals surface area contributed by atoms with Crippen molar-refractivity contribution in [3.63, 3.8) is 0 Å². The van der Waals surface area contributed by atoms with Gasteiger partial charge < -0.3 is 15.0 Å². The molecule has 0 aliphatic carbocycles. The highest BCUT2D eigenvalue weighted by molar-refractivity contribution is 5.90. The molecule has 0 bridgehead atoms. The third-order valence-corrected chi connectivity index (χ3v) is 4.18. The summed E-state index contributed by atoms with van der Waals surface area (Å²) < 4.78 is 8.26. The number of aromatic nitrogens is 1. The summed E-state index contributed by atoms with van der Waals surface area (Å²) in [6.07, 6.45) is 3.24. The zero-order valence-corrected chi connectivity index (χ0v) is 12.0. The molecule has 1 aliphatic rings. The Morgan fingerprint density at radius 3 is 3.05 bits per heavy atom. The summed E-state index contributed by atoms with van der Waals surface area (Å²) in [5.74, 6) is 1.02. The molecule has 2 heterocycles. The van der Waals surface area contributed by atoms with Gasteiger partial charge in [-0.1, -0.05) is 29.8 Å². The quantitative estimate of drug-likeness (QED) is 0.728. The van der Waals surface area contributed by atoms with Gasteiger partial charge in [0, 0.05) is 18.0 Å². The summed E-state index contributed by atoms with van der Waals surface area (Å²) in [6, 6.07) is 14.5. The smallest absolute Gasteiger partial charge is 0.123 e. The number of anilines is 1. The van der Waals surface area contributed by atoms with Crippen molar-refractivity contribution in [2.75, 3.05) is 5.73 Å². The van der Waals surface area contributed by atoms with Crippen molar-refractivity contribution >= 4 is 16.6 Å².